The van der Waals surface area contributed by atoms with Gasteiger partial charge in [0.15, 0.2) is 0 Å². The minimum atomic E-state index is 0. The summed E-state index contributed by atoms with van der Waals surface area (Å²) in [7, 11) is 0. The normalized spacial score (nSPS) is 12.7. The van der Waals surface area contributed by atoms with Gasteiger partial charge in [-0.3, -0.25) is 0 Å². The minimum Gasteiger partial charge on any atom is -0.355 e. The van der Waals surface area contributed by atoms with Gasteiger partial charge in [-0.25, -0.2) is 9.97 Å². The van der Waals surface area contributed by atoms with Crippen LogP contribution in [0.25, 0.3) is 46.4 Å². The van der Waals surface area contributed by atoms with Gasteiger partial charge in [0.05, 0.1) is 24.1 Å². The second kappa shape index (κ2) is 6.20. The first-order valence-electron chi connectivity index (χ1n) is 8.26. The first-order chi connectivity index (χ1) is 12.2. The van der Waals surface area contributed by atoms with Crippen LogP contribution in [0.15, 0.2) is 48.5 Å². The molecule has 3 aromatic rings. The molecule has 0 unspecified atom stereocenters. The number of nitrogens with one attached hydrogen (secondary N) is 2. The van der Waals surface area contributed by atoms with E-state index in [4.69, 9.17) is 1.37 Å². The molecule has 0 saturated heterocycles. The number of H-pyrrole nitrogens is 2. The molecule has 0 amide bonds. The van der Waals surface area contributed by atoms with Crippen LogP contribution in [-0.4, -0.2) is 19.9 Å². The zero-order chi connectivity index (χ0) is 16.8. The Labute approximate surface area is 156 Å². The molecule has 125 valence electrons. The number of aromatic nitrogens is 4. The molecule has 4 nitrogen and oxygen atoms in total. The Morgan fingerprint density at radius 3 is 1.52 bits per heavy atom. The number of aromatic amines is 2. The maximum absolute atomic E-state index is 8.14. The fourth-order valence-corrected chi connectivity index (χ4v) is 2.87. The van der Waals surface area contributed by atoms with Crippen LogP contribution in [0.2, 0.25) is 0 Å². The number of hydrogen-bond acceptors (Lipinski definition) is 2. The van der Waals surface area contributed by atoms with E-state index in [0.717, 1.165) is 44.8 Å². The Hall–Kier alpha value is -2.88. The molecular weight excluding hydrogens is 360 g/mol. The number of fused-ring (bicyclic) bond motifs is 8. The van der Waals surface area contributed by atoms with E-state index in [1.165, 1.54) is 0 Å². The van der Waals surface area contributed by atoms with Crippen molar-refractivity contribution in [1.82, 2.24) is 19.9 Å². The zero-order valence-corrected chi connectivity index (χ0v) is 14.0. The van der Waals surface area contributed by atoms with E-state index in [1.54, 1.807) is 6.07 Å². The molecule has 0 spiro atoms. The van der Waals surface area contributed by atoms with Crippen LogP contribution in [0, 0.1) is 0 Å². The molecule has 25 heavy (non-hydrogen) atoms. The van der Waals surface area contributed by atoms with Crippen molar-refractivity contribution in [3.63, 3.8) is 0 Å². The van der Waals surface area contributed by atoms with Gasteiger partial charge in [-0.05, 0) is 72.8 Å². The largest absolute Gasteiger partial charge is 0.355 e. The molecule has 2 aliphatic rings. The van der Waals surface area contributed by atoms with Crippen LogP contribution < -0.4 is 0 Å². The Bertz CT molecular complexity index is 1220. The average Bonchev–Trinajstić information content (AvgIpc) is 3.33. The van der Waals surface area contributed by atoms with E-state index in [2.05, 4.69) is 19.9 Å². The summed E-state index contributed by atoms with van der Waals surface area (Å²) in [6, 6.07) is 14.1. The van der Waals surface area contributed by atoms with Crippen molar-refractivity contribution >= 4 is 46.4 Å². The molecule has 1 radical (unpaired) electrons. The summed E-state index contributed by atoms with van der Waals surface area (Å²) < 4.78 is 8.14. The van der Waals surface area contributed by atoms with E-state index in [9.17, 15) is 0 Å². The third kappa shape index (κ3) is 3.20. The molecule has 2 aliphatic heterocycles. The van der Waals surface area contributed by atoms with Crippen LogP contribution in [0.3, 0.4) is 0 Å². The van der Waals surface area contributed by atoms with Crippen LogP contribution in [0.5, 0.6) is 0 Å². The molecule has 0 fully saturated rings. The predicted octanol–water partition coefficient (Wildman–Crippen LogP) is 4.65. The van der Waals surface area contributed by atoms with Crippen LogP contribution >= 0.6 is 0 Å². The van der Waals surface area contributed by atoms with Gasteiger partial charge in [0.2, 0.25) is 0 Å². The predicted molar refractivity (Wildman–Crippen MR) is 98.9 cm³/mol. The van der Waals surface area contributed by atoms with Gasteiger partial charge in [-0.2, -0.15) is 0 Å². The van der Waals surface area contributed by atoms with E-state index in [1.807, 2.05) is 60.7 Å². The maximum Gasteiger partial charge on any atom is 0.0658 e. The number of rotatable bonds is 0. The van der Waals surface area contributed by atoms with Crippen molar-refractivity contribution in [3.05, 3.63) is 71.3 Å². The molecule has 0 aliphatic carbocycles. The summed E-state index contributed by atoms with van der Waals surface area (Å²) in [6.07, 6.45) is 7.88. The van der Waals surface area contributed by atoms with Crippen molar-refractivity contribution in [3.8, 4) is 0 Å². The smallest absolute Gasteiger partial charge is 0.0658 e. The average molecular weight is 375 g/mol. The van der Waals surface area contributed by atoms with Gasteiger partial charge >= 0.3 is 0 Å². The van der Waals surface area contributed by atoms with Gasteiger partial charge in [0.25, 0.3) is 0 Å². The molecule has 5 heterocycles. The summed E-state index contributed by atoms with van der Waals surface area (Å²) in [5.41, 5.74) is 7.04. The molecule has 3 aromatic heterocycles. The van der Waals surface area contributed by atoms with Crippen LogP contribution in [0.1, 0.15) is 24.1 Å². The first-order valence-corrected chi connectivity index (χ1v) is 7.76. The Morgan fingerprint density at radius 2 is 1.00 bits per heavy atom. The monoisotopic (exact) mass is 374 g/mol. The second-order valence-corrected chi connectivity index (χ2v) is 5.82. The first kappa shape index (κ1) is 14.5. The van der Waals surface area contributed by atoms with E-state index in [-0.39, 0.29) is 17.1 Å². The standard InChI is InChI=1S/C20H14N4.Cu/c1-2-14-10-16-5-6-18(23-16)12-20-8-7-19(24-20)11-17-4-3-15(22-17)9-13(1)21-14;/h1-12,21,24H;/i1D;. The van der Waals surface area contributed by atoms with E-state index >= 15 is 0 Å². The van der Waals surface area contributed by atoms with E-state index in [0.29, 0.717) is 6.04 Å². The van der Waals surface area contributed by atoms with Crippen molar-refractivity contribution in [2.24, 2.45) is 0 Å². The molecule has 0 atom stereocenters. The fourth-order valence-electron chi connectivity index (χ4n) is 2.87. The Kier molecular flexibility index (Phi) is 3.59. The molecule has 5 heteroatoms. The summed E-state index contributed by atoms with van der Waals surface area (Å²) in [5, 5.41) is 0. The molecule has 0 aromatic carbocycles. The maximum atomic E-state index is 8.14. The SMILES string of the molecule is [2H]c1cc2cc3nc(cc4ccc(cc5nc(cc1[nH]2)C=C5)[nH]4)C=C3.[Cu]. The van der Waals surface area contributed by atoms with Gasteiger partial charge in [0, 0.05) is 39.1 Å². The molecule has 2 N–H and O–H groups in total. The third-order valence-electron chi connectivity index (χ3n) is 3.96. The molecule has 5 rings (SSSR count). The molecule has 8 bridgehead atoms. The van der Waals surface area contributed by atoms with Crippen molar-refractivity contribution in [1.29, 1.82) is 0 Å². The van der Waals surface area contributed by atoms with E-state index < -0.39 is 0 Å². The van der Waals surface area contributed by atoms with Gasteiger partial charge < -0.3 is 9.97 Å². The van der Waals surface area contributed by atoms with Gasteiger partial charge in [-0.1, -0.05) is 0 Å². The van der Waals surface area contributed by atoms with Gasteiger partial charge in [-0.15, -0.1) is 0 Å². The summed E-state index contributed by atoms with van der Waals surface area (Å²) >= 11 is 0. The second-order valence-electron chi connectivity index (χ2n) is 5.82. The van der Waals surface area contributed by atoms with Crippen molar-refractivity contribution in [2.75, 3.05) is 0 Å². The number of nitrogens with zero attached hydrogens (tertiary/aromatic N) is 2. The fraction of sp³-hybridized carbons (Fsp3) is 0. The van der Waals surface area contributed by atoms with Crippen LogP contribution in [-0.2, 0) is 17.1 Å². The van der Waals surface area contributed by atoms with Crippen LogP contribution in [0.4, 0.5) is 0 Å². The zero-order valence-electron chi connectivity index (χ0n) is 14.0. The summed E-state index contributed by atoms with van der Waals surface area (Å²) in [5.74, 6) is 0. The van der Waals surface area contributed by atoms with Gasteiger partial charge in [0.1, 0.15) is 0 Å². The summed E-state index contributed by atoms with van der Waals surface area (Å²) in [6.45, 7) is 0. The molecule has 0 saturated carbocycles. The van der Waals surface area contributed by atoms with Crippen molar-refractivity contribution < 1.29 is 18.4 Å². The quantitative estimate of drug-likeness (QED) is 0.387. The molecular formula is C20H14CuN4. The third-order valence-corrected chi connectivity index (χ3v) is 3.96. The number of hydrogen-bond donors (Lipinski definition) is 2. The summed E-state index contributed by atoms with van der Waals surface area (Å²) in [4.78, 5) is 15.8. The minimum absolute atomic E-state index is 0. The Balaban J connectivity index is 0.00000168. The van der Waals surface area contributed by atoms with Crippen molar-refractivity contribution in [2.45, 2.75) is 0 Å². The topological polar surface area (TPSA) is 57.4 Å². The Morgan fingerprint density at radius 1 is 0.600 bits per heavy atom.